The van der Waals surface area contributed by atoms with Crippen LogP contribution in [0.5, 0.6) is 0 Å². The Hall–Kier alpha value is -0.0800. The number of hydrogen-bond donors (Lipinski definition) is 1. The number of nitrogens with one attached hydrogen (secondary N) is 1. The molecule has 0 aromatic rings. The molecule has 18 heavy (non-hydrogen) atoms. The fourth-order valence-electron chi connectivity index (χ4n) is 3.84. The van der Waals surface area contributed by atoms with E-state index in [2.05, 4.69) is 39.9 Å². The molecule has 0 bridgehead atoms. The van der Waals surface area contributed by atoms with Crippen molar-refractivity contribution in [2.75, 3.05) is 0 Å². The summed E-state index contributed by atoms with van der Waals surface area (Å²) in [5.74, 6) is 0.979. The van der Waals surface area contributed by atoms with Gasteiger partial charge in [-0.05, 0) is 65.7 Å². The molecule has 1 N–H and O–H groups in total. The zero-order valence-corrected chi connectivity index (χ0v) is 12.9. The molecule has 0 radical (unpaired) electrons. The first-order chi connectivity index (χ1) is 8.32. The van der Waals surface area contributed by atoms with Crippen LogP contribution in [0.3, 0.4) is 0 Å². The van der Waals surface area contributed by atoms with E-state index in [0.29, 0.717) is 6.04 Å². The van der Waals surface area contributed by atoms with Gasteiger partial charge in [-0.15, -0.1) is 0 Å². The molecule has 106 valence electrons. The number of hydrogen-bond acceptors (Lipinski definition) is 2. The van der Waals surface area contributed by atoms with Gasteiger partial charge in [-0.2, -0.15) is 0 Å². The van der Waals surface area contributed by atoms with Crippen molar-refractivity contribution in [1.29, 1.82) is 0 Å². The van der Waals surface area contributed by atoms with E-state index < -0.39 is 0 Å². The Morgan fingerprint density at radius 1 is 1.06 bits per heavy atom. The van der Waals surface area contributed by atoms with E-state index in [1.54, 1.807) is 0 Å². The van der Waals surface area contributed by atoms with Gasteiger partial charge >= 0.3 is 0 Å². The molecule has 2 heteroatoms. The largest absolute Gasteiger partial charge is 0.368 e. The maximum Gasteiger partial charge on any atom is 0.0787 e. The summed E-state index contributed by atoms with van der Waals surface area (Å²) >= 11 is 0. The third-order valence-electron chi connectivity index (χ3n) is 4.94. The molecule has 2 nitrogen and oxygen atoms in total. The first kappa shape index (κ1) is 14.3. The molecule has 0 aromatic heterocycles. The second-order valence-electron chi connectivity index (χ2n) is 7.51. The minimum atomic E-state index is -0.0227. The highest BCUT2D eigenvalue weighted by Gasteiger charge is 2.46. The molecule has 0 aromatic carbocycles. The second kappa shape index (κ2) is 5.13. The van der Waals surface area contributed by atoms with Crippen molar-refractivity contribution in [3.63, 3.8) is 0 Å². The summed E-state index contributed by atoms with van der Waals surface area (Å²) in [6.07, 6.45) is 8.01. The third kappa shape index (κ3) is 3.27. The maximum atomic E-state index is 6.17. The molecule has 1 unspecified atom stereocenters. The van der Waals surface area contributed by atoms with Gasteiger partial charge in [0.15, 0.2) is 0 Å². The Kier molecular flexibility index (Phi) is 4.08. The van der Waals surface area contributed by atoms with E-state index in [9.17, 15) is 0 Å². The monoisotopic (exact) mass is 253 g/mol. The first-order valence-corrected chi connectivity index (χ1v) is 7.78. The van der Waals surface area contributed by atoms with E-state index in [0.717, 1.165) is 18.4 Å². The van der Waals surface area contributed by atoms with Crippen LogP contribution in [0.1, 0.15) is 73.1 Å². The molecule has 1 atom stereocenters. The lowest BCUT2D eigenvalue weighted by molar-refractivity contribution is -0.0707. The average Bonchev–Trinajstić information content (AvgIpc) is 2.48. The summed E-state index contributed by atoms with van der Waals surface area (Å²) in [6, 6.07) is 1.23. The van der Waals surface area contributed by atoms with Crippen molar-refractivity contribution in [2.45, 2.75) is 96.4 Å². The Labute approximate surface area is 113 Å². The van der Waals surface area contributed by atoms with Gasteiger partial charge in [0.1, 0.15) is 0 Å². The number of rotatable bonds is 3. The van der Waals surface area contributed by atoms with E-state index >= 15 is 0 Å². The Morgan fingerprint density at radius 3 is 2.11 bits per heavy atom. The minimum Gasteiger partial charge on any atom is -0.368 e. The van der Waals surface area contributed by atoms with E-state index in [1.165, 1.54) is 32.1 Å². The molecule has 0 spiro atoms. The highest BCUT2D eigenvalue weighted by Crippen LogP contribution is 2.38. The summed E-state index contributed by atoms with van der Waals surface area (Å²) in [7, 11) is 0. The summed E-state index contributed by atoms with van der Waals surface area (Å²) in [5, 5.41) is 3.88. The quantitative estimate of drug-likeness (QED) is 0.824. The third-order valence-corrected chi connectivity index (χ3v) is 4.94. The summed E-state index contributed by atoms with van der Waals surface area (Å²) in [5.41, 5.74) is 0.00684. The van der Waals surface area contributed by atoms with Crippen molar-refractivity contribution < 1.29 is 4.74 Å². The molecule has 1 aliphatic carbocycles. The zero-order valence-electron chi connectivity index (χ0n) is 12.9. The van der Waals surface area contributed by atoms with Gasteiger partial charge in [-0.25, -0.2) is 0 Å². The lowest BCUT2D eigenvalue weighted by Crippen LogP contribution is -2.48. The molecule has 2 fully saturated rings. The van der Waals surface area contributed by atoms with Crippen LogP contribution in [0.15, 0.2) is 0 Å². The fraction of sp³-hybridized carbons (Fsp3) is 1.00. The van der Waals surface area contributed by atoms with Crippen molar-refractivity contribution in [2.24, 2.45) is 5.92 Å². The van der Waals surface area contributed by atoms with E-state index in [-0.39, 0.29) is 11.2 Å². The highest BCUT2D eigenvalue weighted by molar-refractivity contribution is 5.00. The second-order valence-corrected chi connectivity index (χ2v) is 7.51. The molecule has 1 heterocycles. The molecule has 1 saturated carbocycles. The Morgan fingerprint density at radius 2 is 1.67 bits per heavy atom. The molecular weight excluding hydrogens is 222 g/mol. The van der Waals surface area contributed by atoms with Crippen LogP contribution in [-0.4, -0.2) is 23.3 Å². The zero-order chi connectivity index (χ0) is 13.4. The summed E-state index contributed by atoms with van der Waals surface area (Å²) in [4.78, 5) is 0. The molecule has 1 aliphatic heterocycles. The van der Waals surface area contributed by atoms with Crippen molar-refractivity contribution in [1.82, 2.24) is 5.32 Å². The molecule has 0 amide bonds. The lowest BCUT2D eigenvalue weighted by Gasteiger charge is -2.34. The van der Waals surface area contributed by atoms with Gasteiger partial charge < -0.3 is 10.1 Å². The van der Waals surface area contributed by atoms with E-state index in [1.807, 2.05) is 0 Å². The van der Waals surface area contributed by atoms with Crippen molar-refractivity contribution in [3.05, 3.63) is 0 Å². The van der Waals surface area contributed by atoms with Gasteiger partial charge in [0.2, 0.25) is 0 Å². The van der Waals surface area contributed by atoms with Crippen LogP contribution in [0.25, 0.3) is 0 Å². The van der Waals surface area contributed by atoms with Crippen molar-refractivity contribution in [3.8, 4) is 0 Å². The van der Waals surface area contributed by atoms with Gasteiger partial charge in [-0.3, -0.25) is 0 Å². The van der Waals surface area contributed by atoms with Gasteiger partial charge in [-0.1, -0.05) is 13.3 Å². The minimum absolute atomic E-state index is 0.0227. The van der Waals surface area contributed by atoms with Crippen molar-refractivity contribution >= 4 is 0 Å². The topological polar surface area (TPSA) is 21.3 Å². The normalized spacial score (nSPS) is 38.8. The predicted octanol–water partition coefficient (Wildman–Crippen LogP) is 3.89. The van der Waals surface area contributed by atoms with Gasteiger partial charge in [0, 0.05) is 12.1 Å². The Bertz CT molecular complexity index is 277. The lowest BCUT2D eigenvalue weighted by atomic mass is 9.83. The molecule has 2 aliphatic rings. The van der Waals surface area contributed by atoms with E-state index in [4.69, 9.17) is 4.74 Å². The average molecular weight is 253 g/mol. The Balaban J connectivity index is 1.87. The molecular formula is C16H31NO. The first-order valence-electron chi connectivity index (χ1n) is 7.78. The van der Waals surface area contributed by atoms with Crippen LogP contribution in [-0.2, 0) is 4.74 Å². The molecule has 1 saturated heterocycles. The number of ether oxygens (including phenoxy) is 1. The van der Waals surface area contributed by atoms with Crippen LogP contribution >= 0.6 is 0 Å². The van der Waals surface area contributed by atoms with Crippen LogP contribution < -0.4 is 5.32 Å². The summed E-state index contributed by atoms with van der Waals surface area (Å²) in [6.45, 7) is 11.2. The van der Waals surface area contributed by atoms with Crippen LogP contribution in [0.2, 0.25) is 0 Å². The van der Waals surface area contributed by atoms with Gasteiger partial charge in [0.25, 0.3) is 0 Å². The maximum absolute atomic E-state index is 6.17. The summed E-state index contributed by atoms with van der Waals surface area (Å²) < 4.78 is 6.17. The van der Waals surface area contributed by atoms with Crippen LogP contribution in [0.4, 0.5) is 0 Å². The predicted molar refractivity (Wildman–Crippen MR) is 76.8 cm³/mol. The fourth-order valence-corrected chi connectivity index (χ4v) is 3.84. The highest BCUT2D eigenvalue weighted by atomic mass is 16.5. The SMILES string of the molecule is CCC1CCC(NC2CC(C)(C)OC2(C)C)CC1. The van der Waals surface area contributed by atoms with Crippen LogP contribution in [0, 0.1) is 5.92 Å². The smallest absolute Gasteiger partial charge is 0.0787 e. The standard InChI is InChI=1S/C16H31NO/c1-6-12-7-9-13(10-8-12)17-14-11-15(2,3)18-16(14,4)5/h12-14,17H,6-11H2,1-5H3. The molecule has 2 rings (SSSR count). The van der Waals surface area contributed by atoms with Gasteiger partial charge in [0.05, 0.1) is 11.2 Å².